The molecule has 24 heavy (non-hydrogen) atoms. The number of benzene rings is 1. The second kappa shape index (κ2) is 7.22. The van der Waals surface area contributed by atoms with Crippen LogP contribution in [0.15, 0.2) is 64.9 Å². The van der Waals surface area contributed by atoms with E-state index in [9.17, 15) is 9.00 Å². The second-order valence-electron chi connectivity index (χ2n) is 5.19. The maximum atomic E-state index is 12.6. The van der Waals surface area contributed by atoms with Crippen LogP contribution in [-0.2, 0) is 21.1 Å². The van der Waals surface area contributed by atoms with E-state index < -0.39 is 15.8 Å². The summed E-state index contributed by atoms with van der Waals surface area (Å²) < 4.78 is 21.9. The molecular formula is C16H16N4O3S. The first kappa shape index (κ1) is 16.1. The molecule has 3 rings (SSSR count). The Bertz CT molecular complexity index is 846. The molecule has 1 aliphatic heterocycles. The highest BCUT2D eigenvalue weighted by atomic mass is 32.2. The Morgan fingerprint density at radius 2 is 2.04 bits per heavy atom. The standard InChI is InChI=1S/C16H16N4O3S/c21-16(23-10-13-4-2-1-3-5-13)19-14-6-7-24(22,11-14)20-15-8-17-12-18-9-15/h1-9,12,14H,10-11H2,(H,19,21)/t14-,24?/m1/s1. The van der Waals surface area contributed by atoms with E-state index in [0.29, 0.717) is 5.69 Å². The first-order chi connectivity index (χ1) is 11.6. The van der Waals surface area contributed by atoms with Crippen LogP contribution in [0.3, 0.4) is 0 Å². The summed E-state index contributed by atoms with van der Waals surface area (Å²) in [5, 5.41) is 4.19. The Morgan fingerprint density at radius 3 is 2.79 bits per heavy atom. The number of carbonyl (C=O) groups excluding carboxylic acids is 1. The molecule has 0 aliphatic carbocycles. The van der Waals surface area contributed by atoms with E-state index in [0.717, 1.165) is 5.56 Å². The summed E-state index contributed by atoms with van der Waals surface area (Å²) >= 11 is 0. The van der Waals surface area contributed by atoms with Crippen LogP contribution in [0.25, 0.3) is 0 Å². The van der Waals surface area contributed by atoms with Crippen LogP contribution in [0.4, 0.5) is 10.5 Å². The zero-order chi connectivity index (χ0) is 16.8. The van der Waals surface area contributed by atoms with Crippen molar-refractivity contribution in [1.82, 2.24) is 15.3 Å². The van der Waals surface area contributed by atoms with Gasteiger partial charge in [-0.2, -0.15) is 4.36 Å². The van der Waals surface area contributed by atoms with Crippen LogP contribution in [0.2, 0.25) is 0 Å². The molecule has 1 unspecified atom stereocenters. The average molecular weight is 344 g/mol. The van der Waals surface area contributed by atoms with Crippen molar-refractivity contribution < 1.29 is 13.7 Å². The average Bonchev–Trinajstić information content (AvgIpc) is 2.95. The molecule has 0 radical (unpaired) electrons. The van der Waals surface area contributed by atoms with Crippen molar-refractivity contribution in [3.05, 3.63) is 66.1 Å². The highest BCUT2D eigenvalue weighted by Gasteiger charge is 2.22. The van der Waals surface area contributed by atoms with Gasteiger partial charge in [-0.3, -0.25) is 0 Å². The van der Waals surface area contributed by atoms with Crippen LogP contribution in [-0.4, -0.2) is 32.1 Å². The van der Waals surface area contributed by atoms with E-state index in [-0.39, 0.29) is 18.4 Å². The number of amides is 1. The lowest BCUT2D eigenvalue weighted by Crippen LogP contribution is -2.35. The van der Waals surface area contributed by atoms with Crippen LogP contribution in [0.5, 0.6) is 0 Å². The first-order valence-corrected chi connectivity index (χ1v) is 9.03. The van der Waals surface area contributed by atoms with Gasteiger partial charge in [-0.1, -0.05) is 36.4 Å². The smallest absolute Gasteiger partial charge is 0.407 e. The van der Waals surface area contributed by atoms with Crippen LogP contribution in [0, 0.1) is 0 Å². The summed E-state index contributed by atoms with van der Waals surface area (Å²) in [6, 6.07) is 9.01. The molecule has 1 N–H and O–H groups in total. The number of ether oxygens (including phenoxy) is 1. The van der Waals surface area contributed by atoms with E-state index in [4.69, 9.17) is 4.74 Å². The number of rotatable bonds is 4. The van der Waals surface area contributed by atoms with Crippen LogP contribution < -0.4 is 5.32 Å². The minimum absolute atomic E-state index is 0.185. The number of alkyl carbamates (subject to hydrolysis) is 1. The normalized spacial score (nSPS) is 22.1. The zero-order valence-corrected chi connectivity index (χ0v) is 13.6. The van der Waals surface area contributed by atoms with Crippen molar-refractivity contribution in [2.75, 3.05) is 5.75 Å². The predicted octanol–water partition coefficient (Wildman–Crippen LogP) is 2.40. The molecule has 124 valence electrons. The monoisotopic (exact) mass is 344 g/mol. The Balaban J connectivity index is 1.55. The highest BCUT2D eigenvalue weighted by molar-refractivity contribution is 7.96. The third kappa shape index (κ3) is 4.39. The van der Waals surface area contributed by atoms with Crippen LogP contribution in [0.1, 0.15) is 5.56 Å². The molecule has 1 amide bonds. The summed E-state index contributed by atoms with van der Waals surface area (Å²) in [7, 11) is -2.57. The fraction of sp³-hybridized carbons (Fsp3) is 0.188. The van der Waals surface area contributed by atoms with Crippen molar-refractivity contribution in [3.63, 3.8) is 0 Å². The lowest BCUT2D eigenvalue weighted by atomic mass is 10.2. The maximum absolute atomic E-state index is 12.6. The summed E-state index contributed by atoms with van der Waals surface area (Å²) in [4.78, 5) is 19.5. The van der Waals surface area contributed by atoms with Gasteiger partial charge in [0.1, 0.15) is 18.6 Å². The lowest BCUT2D eigenvalue weighted by molar-refractivity contribution is 0.138. The SMILES string of the molecule is O=C(N[C@@H]1C=CS(=O)(=Nc2cncnc2)C1)OCc1ccccc1. The summed E-state index contributed by atoms with van der Waals surface area (Å²) in [5.74, 6) is 0.197. The van der Waals surface area contributed by atoms with Crippen molar-refractivity contribution in [2.45, 2.75) is 12.6 Å². The largest absolute Gasteiger partial charge is 0.445 e. The molecule has 1 aromatic carbocycles. The summed E-state index contributed by atoms with van der Waals surface area (Å²) in [5.41, 5.74) is 1.34. The third-order valence-electron chi connectivity index (χ3n) is 3.26. The van der Waals surface area contributed by atoms with Crippen molar-refractivity contribution in [3.8, 4) is 0 Å². The van der Waals surface area contributed by atoms with Gasteiger partial charge in [0.25, 0.3) is 0 Å². The quantitative estimate of drug-likeness (QED) is 0.919. The van der Waals surface area contributed by atoms with Crippen molar-refractivity contribution >= 4 is 21.5 Å². The van der Waals surface area contributed by atoms with E-state index in [1.807, 2.05) is 30.3 Å². The van der Waals surface area contributed by atoms with E-state index in [2.05, 4.69) is 19.6 Å². The van der Waals surface area contributed by atoms with Crippen LogP contribution >= 0.6 is 0 Å². The molecule has 0 bridgehead atoms. The molecule has 0 spiro atoms. The molecule has 2 aromatic rings. The van der Waals surface area contributed by atoms with Gasteiger partial charge in [-0.25, -0.2) is 19.0 Å². The predicted molar refractivity (Wildman–Crippen MR) is 89.8 cm³/mol. The Kier molecular flexibility index (Phi) is 4.85. The Labute approximate surface area is 140 Å². The Hall–Kier alpha value is -2.74. The van der Waals surface area contributed by atoms with E-state index in [1.54, 1.807) is 6.08 Å². The molecule has 1 aliphatic rings. The lowest BCUT2D eigenvalue weighted by Gasteiger charge is -2.11. The van der Waals surface area contributed by atoms with Gasteiger partial charge in [0.05, 0.1) is 33.9 Å². The zero-order valence-electron chi connectivity index (χ0n) is 12.7. The molecule has 1 aromatic heterocycles. The van der Waals surface area contributed by atoms with Gasteiger partial charge < -0.3 is 10.1 Å². The number of carbonyl (C=O) groups is 1. The third-order valence-corrected chi connectivity index (χ3v) is 5.20. The second-order valence-corrected chi connectivity index (χ2v) is 7.35. The van der Waals surface area contributed by atoms with Crippen molar-refractivity contribution in [2.24, 2.45) is 4.36 Å². The maximum Gasteiger partial charge on any atom is 0.407 e. The highest BCUT2D eigenvalue weighted by Crippen LogP contribution is 2.18. The van der Waals surface area contributed by atoms with Gasteiger partial charge in [0.15, 0.2) is 0 Å². The van der Waals surface area contributed by atoms with Crippen molar-refractivity contribution in [1.29, 1.82) is 0 Å². The van der Waals surface area contributed by atoms with Gasteiger partial charge in [0, 0.05) is 5.41 Å². The molecule has 0 saturated carbocycles. The number of nitrogens with zero attached hydrogens (tertiary/aromatic N) is 3. The minimum Gasteiger partial charge on any atom is -0.445 e. The molecular weight excluding hydrogens is 328 g/mol. The Morgan fingerprint density at radius 1 is 1.29 bits per heavy atom. The summed E-state index contributed by atoms with van der Waals surface area (Å²) in [6.45, 7) is 0.185. The molecule has 0 saturated heterocycles. The fourth-order valence-corrected chi connectivity index (χ4v) is 4.02. The summed E-state index contributed by atoms with van der Waals surface area (Å²) in [6.07, 6.45) is 5.47. The fourth-order valence-electron chi connectivity index (χ4n) is 2.18. The molecule has 2 atom stereocenters. The molecule has 7 nitrogen and oxygen atoms in total. The minimum atomic E-state index is -2.57. The molecule has 0 fully saturated rings. The number of aromatic nitrogens is 2. The van der Waals surface area contributed by atoms with E-state index in [1.165, 1.54) is 24.1 Å². The topological polar surface area (TPSA) is 93.5 Å². The van der Waals surface area contributed by atoms with E-state index >= 15 is 0 Å². The number of hydrogen-bond acceptors (Lipinski definition) is 6. The first-order valence-electron chi connectivity index (χ1n) is 7.28. The van der Waals surface area contributed by atoms with Gasteiger partial charge in [-0.05, 0) is 5.56 Å². The number of nitrogens with one attached hydrogen (secondary N) is 1. The molecule has 2 heterocycles. The molecule has 8 heteroatoms. The van der Waals surface area contributed by atoms with Gasteiger partial charge in [-0.15, -0.1) is 0 Å². The number of hydrogen-bond donors (Lipinski definition) is 1. The van der Waals surface area contributed by atoms with Gasteiger partial charge in [0.2, 0.25) is 0 Å². The van der Waals surface area contributed by atoms with Gasteiger partial charge >= 0.3 is 6.09 Å².